The molecular formula is C9H12ClN3. The van der Waals surface area contributed by atoms with Crippen molar-refractivity contribution in [2.24, 2.45) is 0 Å². The summed E-state index contributed by atoms with van der Waals surface area (Å²) in [5.41, 5.74) is 1.09. The summed E-state index contributed by atoms with van der Waals surface area (Å²) < 4.78 is 0. The van der Waals surface area contributed by atoms with Crippen molar-refractivity contribution >= 4 is 17.4 Å². The first-order valence-corrected chi connectivity index (χ1v) is 4.76. The summed E-state index contributed by atoms with van der Waals surface area (Å²) in [4.78, 5) is 10.3. The van der Waals surface area contributed by atoms with E-state index in [0.29, 0.717) is 11.2 Å². The second-order valence-corrected chi connectivity index (χ2v) is 3.93. The fourth-order valence-corrected chi connectivity index (χ4v) is 1.42. The van der Waals surface area contributed by atoms with Crippen molar-refractivity contribution < 1.29 is 0 Å². The van der Waals surface area contributed by atoms with Gasteiger partial charge in [-0.2, -0.15) is 0 Å². The van der Waals surface area contributed by atoms with Crippen LogP contribution >= 0.6 is 11.6 Å². The van der Waals surface area contributed by atoms with Crippen molar-refractivity contribution in [1.29, 1.82) is 0 Å². The summed E-state index contributed by atoms with van der Waals surface area (Å²) in [7, 11) is 3.91. The fraction of sp³-hybridized carbons (Fsp3) is 0.556. The fourth-order valence-electron chi connectivity index (χ4n) is 1.24. The number of aromatic nitrogens is 2. The molecule has 1 aromatic heterocycles. The van der Waals surface area contributed by atoms with Gasteiger partial charge < -0.3 is 4.90 Å². The van der Waals surface area contributed by atoms with E-state index in [1.54, 1.807) is 0 Å². The number of hydrogen-bond acceptors (Lipinski definition) is 3. The molecule has 1 fully saturated rings. The van der Waals surface area contributed by atoms with Gasteiger partial charge in [-0.3, -0.25) is 0 Å². The molecule has 0 saturated heterocycles. The highest BCUT2D eigenvalue weighted by Crippen LogP contribution is 2.39. The maximum atomic E-state index is 5.82. The average Bonchev–Trinajstić information content (AvgIpc) is 2.85. The number of halogens is 1. The highest BCUT2D eigenvalue weighted by molar-refractivity contribution is 6.28. The standard InChI is InChI=1S/C9H12ClN3/c1-13(2)8-5-7(6-3-4-6)11-9(10)12-8/h5-6H,3-4H2,1-2H3. The van der Waals surface area contributed by atoms with Crippen molar-refractivity contribution in [2.75, 3.05) is 19.0 Å². The van der Waals surface area contributed by atoms with E-state index in [1.807, 2.05) is 25.1 Å². The zero-order valence-electron chi connectivity index (χ0n) is 7.79. The van der Waals surface area contributed by atoms with Gasteiger partial charge in [0.2, 0.25) is 5.28 Å². The second-order valence-electron chi connectivity index (χ2n) is 3.59. The lowest BCUT2D eigenvalue weighted by Crippen LogP contribution is -2.11. The predicted molar refractivity (Wildman–Crippen MR) is 53.3 cm³/mol. The van der Waals surface area contributed by atoms with Crippen molar-refractivity contribution in [3.05, 3.63) is 17.0 Å². The van der Waals surface area contributed by atoms with Gasteiger partial charge in [0.15, 0.2) is 0 Å². The van der Waals surface area contributed by atoms with Crippen molar-refractivity contribution in [3.8, 4) is 0 Å². The second kappa shape index (κ2) is 3.14. The summed E-state index contributed by atoms with van der Waals surface area (Å²) in [5, 5.41) is 0.355. The van der Waals surface area contributed by atoms with Gasteiger partial charge in [-0.25, -0.2) is 9.97 Å². The first kappa shape index (κ1) is 8.75. The summed E-state index contributed by atoms with van der Waals surface area (Å²) >= 11 is 5.82. The SMILES string of the molecule is CN(C)c1cc(C2CC2)nc(Cl)n1. The zero-order valence-corrected chi connectivity index (χ0v) is 8.54. The summed E-state index contributed by atoms with van der Waals surface area (Å²) in [6.45, 7) is 0. The number of hydrogen-bond donors (Lipinski definition) is 0. The van der Waals surface area contributed by atoms with Crippen LogP contribution in [-0.2, 0) is 0 Å². The molecule has 0 amide bonds. The Kier molecular flexibility index (Phi) is 2.12. The Morgan fingerprint density at radius 3 is 2.62 bits per heavy atom. The number of anilines is 1. The largest absolute Gasteiger partial charge is 0.363 e. The molecule has 0 aromatic carbocycles. The summed E-state index contributed by atoms with van der Waals surface area (Å²) in [6, 6.07) is 2.02. The summed E-state index contributed by atoms with van der Waals surface area (Å²) in [6.07, 6.45) is 2.47. The third kappa shape index (κ3) is 1.91. The van der Waals surface area contributed by atoms with Gasteiger partial charge in [0, 0.05) is 26.1 Å². The Morgan fingerprint density at radius 2 is 2.08 bits per heavy atom. The molecule has 3 nitrogen and oxygen atoms in total. The monoisotopic (exact) mass is 197 g/mol. The molecule has 1 aliphatic carbocycles. The molecule has 0 spiro atoms. The minimum absolute atomic E-state index is 0.355. The van der Waals surface area contributed by atoms with Gasteiger partial charge in [-0.1, -0.05) is 0 Å². The van der Waals surface area contributed by atoms with Crippen LogP contribution in [0.2, 0.25) is 5.28 Å². The van der Waals surface area contributed by atoms with Crippen LogP contribution < -0.4 is 4.90 Å². The van der Waals surface area contributed by atoms with E-state index in [4.69, 9.17) is 11.6 Å². The predicted octanol–water partition coefficient (Wildman–Crippen LogP) is 2.07. The molecule has 0 unspecified atom stereocenters. The molecular weight excluding hydrogens is 186 g/mol. The quantitative estimate of drug-likeness (QED) is 0.680. The van der Waals surface area contributed by atoms with Gasteiger partial charge in [0.05, 0.1) is 5.69 Å². The van der Waals surface area contributed by atoms with Crippen LogP contribution in [0.25, 0.3) is 0 Å². The molecule has 70 valence electrons. The lowest BCUT2D eigenvalue weighted by Gasteiger charge is -2.11. The van der Waals surface area contributed by atoms with E-state index < -0.39 is 0 Å². The molecule has 1 saturated carbocycles. The molecule has 0 aliphatic heterocycles. The van der Waals surface area contributed by atoms with E-state index in [-0.39, 0.29) is 0 Å². The van der Waals surface area contributed by atoms with Gasteiger partial charge in [0.25, 0.3) is 0 Å². The Hall–Kier alpha value is -0.830. The van der Waals surface area contributed by atoms with E-state index in [0.717, 1.165) is 11.5 Å². The molecule has 0 bridgehead atoms. The van der Waals surface area contributed by atoms with E-state index >= 15 is 0 Å². The molecule has 2 rings (SSSR count). The van der Waals surface area contributed by atoms with Crippen LogP contribution in [0.15, 0.2) is 6.07 Å². The molecule has 1 aliphatic rings. The third-order valence-electron chi connectivity index (χ3n) is 2.16. The third-order valence-corrected chi connectivity index (χ3v) is 2.33. The van der Waals surface area contributed by atoms with Crippen molar-refractivity contribution in [1.82, 2.24) is 9.97 Å². The van der Waals surface area contributed by atoms with Gasteiger partial charge in [-0.15, -0.1) is 0 Å². The van der Waals surface area contributed by atoms with Crippen molar-refractivity contribution in [2.45, 2.75) is 18.8 Å². The van der Waals surface area contributed by atoms with Crippen LogP contribution in [0, 0.1) is 0 Å². The zero-order chi connectivity index (χ0) is 9.42. The lowest BCUT2D eigenvalue weighted by atomic mass is 10.3. The highest BCUT2D eigenvalue weighted by atomic mass is 35.5. The van der Waals surface area contributed by atoms with Gasteiger partial charge in [-0.05, 0) is 24.4 Å². The first-order valence-electron chi connectivity index (χ1n) is 4.38. The Bertz CT molecular complexity index is 300. The minimum Gasteiger partial charge on any atom is -0.363 e. The molecule has 4 heteroatoms. The lowest BCUT2D eigenvalue weighted by molar-refractivity contribution is 0.959. The molecule has 0 atom stereocenters. The topological polar surface area (TPSA) is 29.0 Å². The van der Waals surface area contributed by atoms with Crippen LogP contribution in [0.5, 0.6) is 0 Å². The van der Waals surface area contributed by atoms with Gasteiger partial charge in [0.1, 0.15) is 5.82 Å². The maximum Gasteiger partial charge on any atom is 0.224 e. The van der Waals surface area contributed by atoms with E-state index in [9.17, 15) is 0 Å². The Labute approximate surface area is 82.8 Å². The minimum atomic E-state index is 0.355. The number of nitrogens with zero attached hydrogens (tertiary/aromatic N) is 3. The Morgan fingerprint density at radius 1 is 1.38 bits per heavy atom. The summed E-state index contributed by atoms with van der Waals surface area (Å²) in [5.74, 6) is 1.51. The van der Waals surface area contributed by atoms with E-state index in [1.165, 1.54) is 12.8 Å². The van der Waals surface area contributed by atoms with Crippen LogP contribution in [0.4, 0.5) is 5.82 Å². The Balaban J connectivity index is 2.36. The first-order chi connectivity index (χ1) is 6.16. The molecule has 1 heterocycles. The van der Waals surface area contributed by atoms with Crippen LogP contribution in [0.3, 0.4) is 0 Å². The molecule has 0 N–H and O–H groups in total. The smallest absolute Gasteiger partial charge is 0.224 e. The van der Waals surface area contributed by atoms with Gasteiger partial charge >= 0.3 is 0 Å². The number of rotatable bonds is 2. The maximum absolute atomic E-state index is 5.82. The molecule has 1 aromatic rings. The van der Waals surface area contributed by atoms with Crippen molar-refractivity contribution in [3.63, 3.8) is 0 Å². The molecule has 0 radical (unpaired) electrons. The normalized spacial score (nSPS) is 15.9. The highest BCUT2D eigenvalue weighted by Gasteiger charge is 2.26. The van der Waals surface area contributed by atoms with Crippen LogP contribution in [-0.4, -0.2) is 24.1 Å². The molecule has 13 heavy (non-hydrogen) atoms. The van der Waals surface area contributed by atoms with E-state index in [2.05, 4.69) is 9.97 Å². The average molecular weight is 198 g/mol. The van der Waals surface area contributed by atoms with Crippen LogP contribution in [0.1, 0.15) is 24.5 Å².